The van der Waals surface area contributed by atoms with Gasteiger partial charge in [-0.2, -0.15) is 0 Å². The molecule has 4 aromatic rings. The molecule has 6 nitrogen and oxygen atoms in total. The highest BCUT2D eigenvalue weighted by molar-refractivity contribution is 6.52. The van der Waals surface area contributed by atoms with Gasteiger partial charge >= 0.3 is 0 Å². The summed E-state index contributed by atoms with van der Waals surface area (Å²) in [5.41, 5.74) is 5.70. The first-order chi connectivity index (χ1) is 17.8. The van der Waals surface area contributed by atoms with Crippen LogP contribution in [0.15, 0.2) is 72.3 Å². The molecule has 2 N–H and O–H groups in total. The van der Waals surface area contributed by atoms with Gasteiger partial charge in [-0.05, 0) is 68.7 Å². The van der Waals surface area contributed by atoms with Crippen LogP contribution < -0.4 is 9.64 Å². The second-order valence-corrected chi connectivity index (χ2v) is 9.52. The minimum Gasteiger partial charge on any atom is -0.507 e. The number of ether oxygens (including phenoxy) is 1. The van der Waals surface area contributed by atoms with Crippen LogP contribution in [0.2, 0.25) is 0 Å². The van der Waals surface area contributed by atoms with Gasteiger partial charge in [0.1, 0.15) is 11.5 Å². The first kappa shape index (κ1) is 24.4. The van der Waals surface area contributed by atoms with Crippen molar-refractivity contribution in [2.45, 2.75) is 40.2 Å². The summed E-state index contributed by atoms with van der Waals surface area (Å²) in [4.78, 5) is 32.1. The van der Waals surface area contributed by atoms with Crippen molar-refractivity contribution in [3.63, 3.8) is 0 Å². The molecule has 1 saturated heterocycles. The van der Waals surface area contributed by atoms with Gasteiger partial charge in [0.05, 0.1) is 18.2 Å². The number of benzene rings is 3. The average Bonchev–Trinajstić information content (AvgIpc) is 3.36. The lowest BCUT2D eigenvalue weighted by Gasteiger charge is -2.26. The van der Waals surface area contributed by atoms with E-state index < -0.39 is 17.7 Å². The number of rotatable bonds is 6. The Morgan fingerprint density at radius 1 is 0.973 bits per heavy atom. The van der Waals surface area contributed by atoms with Gasteiger partial charge in [0.2, 0.25) is 0 Å². The third-order valence-electron chi connectivity index (χ3n) is 7.01. The van der Waals surface area contributed by atoms with E-state index in [0.29, 0.717) is 23.6 Å². The van der Waals surface area contributed by atoms with Crippen molar-refractivity contribution in [1.29, 1.82) is 0 Å². The summed E-state index contributed by atoms with van der Waals surface area (Å²) in [6.07, 6.45) is 0.844. The Balaban J connectivity index is 1.76. The van der Waals surface area contributed by atoms with E-state index in [9.17, 15) is 14.7 Å². The van der Waals surface area contributed by atoms with Gasteiger partial charge in [-0.25, -0.2) is 0 Å². The van der Waals surface area contributed by atoms with Gasteiger partial charge in [-0.15, -0.1) is 0 Å². The van der Waals surface area contributed by atoms with Crippen LogP contribution in [0.4, 0.5) is 5.69 Å². The van der Waals surface area contributed by atoms with Crippen molar-refractivity contribution in [3.05, 3.63) is 100 Å². The zero-order valence-corrected chi connectivity index (χ0v) is 21.5. The molecule has 5 rings (SSSR count). The molecule has 1 aliphatic heterocycles. The highest BCUT2D eigenvalue weighted by atomic mass is 16.5. The summed E-state index contributed by atoms with van der Waals surface area (Å²) < 4.78 is 5.75. The number of anilines is 1. The van der Waals surface area contributed by atoms with Crippen molar-refractivity contribution in [2.24, 2.45) is 0 Å². The topological polar surface area (TPSA) is 82.6 Å². The number of carbonyl (C=O) groups is 2. The minimum atomic E-state index is -0.807. The molecule has 0 spiro atoms. The highest BCUT2D eigenvalue weighted by Crippen LogP contribution is 2.45. The number of amides is 1. The number of nitrogens with zero attached hydrogens (tertiary/aromatic N) is 1. The van der Waals surface area contributed by atoms with E-state index in [1.54, 1.807) is 24.3 Å². The van der Waals surface area contributed by atoms with Crippen LogP contribution in [-0.2, 0) is 9.59 Å². The Morgan fingerprint density at radius 3 is 2.51 bits per heavy atom. The average molecular weight is 495 g/mol. The van der Waals surface area contributed by atoms with Crippen LogP contribution in [0.3, 0.4) is 0 Å². The summed E-state index contributed by atoms with van der Waals surface area (Å²) in [5, 5.41) is 12.5. The van der Waals surface area contributed by atoms with Gasteiger partial charge in [0.25, 0.3) is 11.7 Å². The number of para-hydroxylation sites is 1. The number of nitrogens with one attached hydrogen (secondary N) is 1. The van der Waals surface area contributed by atoms with Gasteiger partial charge in [-0.3, -0.25) is 14.5 Å². The largest absolute Gasteiger partial charge is 0.507 e. The normalized spacial score (nSPS) is 17.1. The molecule has 1 atom stereocenters. The molecule has 0 saturated carbocycles. The molecule has 188 valence electrons. The first-order valence-electron chi connectivity index (χ1n) is 12.5. The SMILES string of the molecule is CCCOc1cccc(/C(O)=C2\C(=O)C(=O)N(c3ccc(C)c(C)c3)C2c2c(C)[nH]c3ccccc23)c1. The van der Waals surface area contributed by atoms with Crippen LogP contribution in [0.1, 0.15) is 47.3 Å². The fraction of sp³-hybridized carbons (Fsp3) is 0.226. The zero-order chi connectivity index (χ0) is 26.3. The molecule has 1 aliphatic rings. The van der Waals surface area contributed by atoms with Gasteiger partial charge < -0.3 is 14.8 Å². The predicted molar refractivity (Wildman–Crippen MR) is 146 cm³/mol. The monoisotopic (exact) mass is 494 g/mol. The number of H-pyrrole nitrogens is 1. The van der Waals surface area contributed by atoms with E-state index in [0.717, 1.165) is 39.7 Å². The number of aromatic nitrogens is 1. The van der Waals surface area contributed by atoms with Crippen LogP contribution in [-0.4, -0.2) is 28.4 Å². The van der Waals surface area contributed by atoms with E-state index in [1.807, 2.05) is 70.2 Å². The quantitative estimate of drug-likeness (QED) is 0.182. The molecule has 1 aromatic heterocycles. The molecule has 1 unspecified atom stereocenters. The van der Waals surface area contributed by atoms with E-state index in [-0.39, 0.29) is 11.3 Å². The molecule has 3 aromatic carbocycles. The number of fused-ring (bicyclic) bond motifs is 1. The van der Waals surface area contributed by atoms with E-state index in [1.165, 1.54) is 4.90 Å². The van der Waals surface area contributed by atoms with Crippen molar-refractivity contribution in [1.82, 2.24) is 4.98 Å². The summed E-state index contributed by atoms with van der Waals surface area (Å²) in [5.74, 6) is -1.02. The minimum absolute atomic E-state index is 0.0590. The zero-order valence-electron chi connectivity index (χ0n) is 21.5. The lowest BCUT2D eigenvalue weighted by molar-refractivity contribution is -0.132. The molecular weight excluding hydrogens is 464 g/mol. The maximum Gasteiger partial charge on any atom is 0.300 e. The predicted octanol–water partition coefficient (Wildman–Crippen LogP) is 6.51. The third-order valence-corrected chi connectivity index (χ3v) is 7.01. The van der Waals surface area contributed by atoms with Crippen LogP contribution in [0, 0.1) is 20.8 Å². The Bertz CT molecular complexity index is 1560. The lowest BCUT2D eigenvalue weighted by atomic mass is 9.93. The van der Waals surface area contributed by atoms with E-state index in [4.69, 9.17) is 4.74 Å². The third kappa shape index (κ3) is 4.18. The van der Waals surface area contributed by atoms with Gasteiger partial charge in [0.15, 0.2) is 0 Å². The second kappa shape index (κ2) is 9.62. The number of carbonyl (C=O) groups excluding carboxylic acids is 2. The summed E-state index contributed by atoms with van der Waals surface area (Å²) in [6, 6.07) is 19.7. The number of hydrogen-bond donors (Lipinski definition) is 2. The Labute approximate surface area is 216 Å². The Morgan fingerprint density at radius 2 is 1.76 bits per heavy atom. The maximum atomic E-state index is 13.6. The van der Waals surface area contributed by atoms with Crippen LogP contribution in [0.25, 0.3) is 16.7 Å². The number of aliphatic hydroxyl groups is 1. The standard InChI is InChI=1S/C31H30N2O4/c1-5-15-37-23-10-8-9-21(17-23)29(34)27-28(26-20(4)32-25-12-7-6-11-24(25)26)33(31(36)30(27)35)22-14-13-18(2)19(3)16-22/h6-14,16-17,28,32,34H,5,15H2,1-4H3/b29-27+. The maximum absolute atomic E-state index is 13.6. The second-order valence-electron chi connectivity index (χ2n) is 9.52. The molecule has 0 bridgehead atoms. The number of ketones is 1. The van der Waals surface area contributed by atoms with Crippen LogP contribution >= 0.6 is 0 Å². The van der Waals surface area contributed by atoms with Crippen molar-refractivity contribution in [3.8, 4) is 5.75 Å². The first-order valence-corrected chi connectivity index (χ1v) is 12.5. The van der Waals surface area contributed by atoms with E-state index >= 15 is 0 Å². The van der Waals surface area contributed by atoms with Crippen molar-refractivity contribution in [2.75, 3.05) is 11.5 Å². The summed E-state index contributed by atoms with van der Waals surface area (Å²) in [7, 11) is 0. The fourth-order valence-corrected chi connectivity index (χ4v) is 5.01. The lowest BCUT2D eigenvalue weighted by Crippen LogP contribution is -2.29. The van der Waals surface area contributed by atoms with E-state index in [2.05, 4.69) is 4.98 Å². The molecule has 1 fully saturated rings. The fourth-order valence-electron chi connectivity index (χ4n) is 5.01. The highest BCUT2D eigenvalue weighted by Gasteiger charge is 2.48. The number of Topliss-reactive ketones (excluding diaryl/α,β-unsaturated/α-hetero) is 1. The molecule has 1 amide bonds. The molecule has 2 heterocycles. The Hall–Kier alpha value is -4.32. The molecule has 37 heavy (non-hydrogen) atoms. The van der Waals surface area contributed by atoms with Gasteiger partial charge in [0, 0.05) is 33.4 Å². The van der Waals surface area contributed by atoms with Crippen molar-refractivity contribution >= 4 is 34.0 Å². The van der Waals surface area contributed by atoms with Crippen LogP contribution in [0.5, 0.6) is 5.75 Å². The summed E-state index contributed by atoms with van der Waals surface area (Å²) in [6.45, 7) is 8.46. The molecule has 6 heteroatoms. The smallest absolute Gasteiger partial charge is 0.300 e. The summed E-state index contributed by atoms with van der Waals surface area (Å²) >= 11 is 0. The molecule has 0 radical (unpaired) electrons. The Kier molecular flexibility index (Phi) is 6.34. The molecular formula is C31H30N2O4. The van der Waals surface area contributed by atoms with Crippen molar-refractivity contribution < 1.29 is 19.4 Å². The number of hydrogen-bond acceptors (Lipinski definition) is 4. The van der Waals surface area contributed by atoms with Gasteiger partial charge in [-0.1, -0.05) is 43.3 Å². The number of aliphatic hydroxyl groups excluding tert-OH is 1. The number of aryl methyl sites for hydroxylation is 3. The number of aromatic amines is 1. The molecule has 0 aliphatic carbocycles.